The highest BCUT2D eigenvalue weighted by molar-refractivity contribution is 5.73. The van der Waals surface area contributed by atoms with Crippen molar-refractivity contribution in [1.29, 1.82) is 0 Å². The summed E-state index contributed by atoms with van der Waals surface area (Å²) in [5, 5.41) is 31.6. The minimum absolute atomic E-state index is 0.350. The summed E-state index contributed by atoms with van der Waals surface area (Å²) >= 11 is 0. The molecule has 5 atom stereocenters. The second-order valence-corrected chi connectivity index (χ2v) is 5.36. The summed E-state index contributed by atoms with van der Waals surface area (Å²) in [5.41, 5.74) is 0. The summed E-state index contributed by atoms with van der Waals surface area (Å²) < 4.78 is 11.0. The smallest absolute Gasteiger partial charge is 0.217 e. The summed E-state index contributed by atoms with van der Waals surface area (Å²) in [7, 11) is 0. The van der Waals surface area contributed by atoms with Crippen LogP contribution in [-0.4, -0.2) is 65.1 Å². The van der Waals surface area contributed by atoms with Gasteiger partial charge in [-0.2, -0.15) is 0 Å². The average Bonchev–Trinajstić information content (AvgIpc) is 2.45. The largest absolute Gasteiger partial charge is 0.394 e. The molecule has 0 aromatic heterocycles. The molecule has 1 rings (SSSR count). The van der Waals surface area contributed by atoms with Crippen molar-refractivity contribution in [3.63, 3.8) is 0 Å². The van der Waals surface area contributed by atoms with Crippen LogP contribution in [0.3, 0.4) is 0 Å². The molecule has 7 heteroatoms. The first-order valence-corrected chi connectivity index (χ1v) is 7.52. The number of aliphatic hydroxyl groups excluding tert-OH is 3. The van der Waals surface area contributed by atoms with Gasteiger partial charge in [-0.25, -0.2) is 0 Å². The van der Waals surface area contributed by atoms with Crippen molar-refractivity contribution in [2.75, 3.05) is 13.2 Å². The van der Waals surface area contributed by atoms with Crippen LogP contribution < -0.4 is 5.32 Å². The van der Waals surface area contributed by atoms with E-state index in [1.54, 1.807) is 0 Å². The number of hydrogen-bond donors (Lipinski definition) is 4. The first kappa shape index (κ1) is 18.3. The van der Waals surface area contributed by atoms with Crippen molar-refractivity contribution in [2.24, 2.45) is 0 Å². The third-order valence-electron chi connectivity index (χ3n) is 3.53. The normalized spacial score (nSPS) is 32.9. The number of ether oxygens (including phenoxy) is 2. The maximum atomic E-state index is 11.2. The fraction of sp³-hybridized carbons (Fsp3) is 0.929. The predicted octanol–water partition coefficient (Wildman–Crippen LogP) is -0.473. The van der Waals surface area contributed by atoms with Gasteiger partial charge in [0.15, 0.2) is 6.29 Å². The lowest BCUT2D eigenvalue weighted by molar-refractivity contribution is -0.270. The van der Waals surface area contributed by atoms with Crippen molar-refractivity contribution in [3.8, 4) is 0 Å². The number of carbonyl (C=O) groups excluding carboxylic acids is 1. The molecule has 1 fully saturated rings. The molecule has 0 saturated carbocycles. The van der Waals surface area contributed by atoms with Crippen LogP contribution in [0.5, 0.6) is 0 Å². The molecule has 0 bridgehead atoms. The Balaban J connectivity index is 2.58. The summed E-state index contributed by atoms with van der Waals surface area (Å²) in [6.07, 6.45) is -0.216. The summed E-state index contributed by atoms with van der Waals surface area (Å²) in [5.74, 6) is -0.350. The predicted molar refractivity (Wildman–Crippen MR) is 75.5 cm³/mol. The maximum Gasteiger partial charge on any atom is 0.217 e. The van der Waals surface area contributed by atoms with Crippen LogP contribution in [0.15, 0.2) is 0 Å². The Labute approximate surface area is 125 Å². The minimum Gasteiger partial charge on any atom is -0.394 e. The lowest BCUT2D eigenvalue weighted by Gasteiger charge is -2.42. The van der Waals surface area contributed by atoms with Gasteiger partial charge in [0.25, 0.3) is 0 Å². The Morgan fingerprint density at radius 2 is 1.95 bits per heavy atom. The molecule has 1 amide bonds. The highest BCUT2D eigenvalue weighted by Crippen LogP contribution is 2.22. The topological polar surface area (TPSA) is 108 Å². The van der Waals surface area contributed by atoms with Crippen LogP contribution in [0.2, 0.25) is 0 Å². The number of rotatable bonds is 8. The molecule has 124 valence electrons. The second-order valence-electron chi connectivity index (χ2n) is 5.36. The van der Waals surface area contributed by atoms with E-state index in [-0.39, 0.29) is 5.91 Å². The van der Waals surface area contributed by atoms with E-state index < -0.39 is 37.3 Å². The van der Waals surface area contributed by atoms with E-state index in [1.165, 1.54) is 6.92 Å². The Hall–Kier alpha value is -0.730. The van der Waals surface area contributed by atoms with Gasteiger partial charge in [-0.05, 0) is 6.42 Å². The lowest BCUT2D eigenvalue weighted by atomic mass is 9.97. The zero-order valence-electron chi connectivity index (χ0n) is 12.7. The summed E-state index contributed by atoms with van der Waals surface area (Å²) in [4.78, 5) is 11.2. The average molecular weight is 305 g/mol. The van der Waals surface area contributed by atoms with Crippen LogP contribution in [0, 0.1) is 0 Å². The van der Waals surface area contributed by atoms with E-state index >= 15 is 0 Å². The molecule has 0 aromatic rings. The van der Waals surface area contributed by atoms with Gasteiger partial charge in [0.1, 0.15) is 24.4 Å². The molecule has 0 unspecified atom stereocenters. The van der Waals surface area contributed by atoms with E-state index in [0.717, 1.165) is 25.7 Å². The second kappa shape index (κ2) is 9.32. The lowest BCUT2D eigenvalue weighted by Crippen LogP contribution is -2.64. The number of hydrogen-bond acceptors (Lipinski definition) is 6. The van der Waals surface area contributed by atoms with E-state index in [9.17, 15) is 15.0 Å². The number of aliphatic hydroxyl groups is 3. The fourth-order valence-corrected chi connectivity index (χ4v) is 2.34. The van der Waals surface area contributed by atoms with Crippen LogP contribution in [-0.2, 0) is 14.3 Å². The van der Waals surface area contributed by atoms with E-state index in [4.69, 9.17) is 14.6 Å². The van der Waals surface area contributed by atoms with Crippen LogP contribution >= 0.6 is 0 Å². The molecule has 1 saturated heterocycles. The van der Waals surface area contributed by atoms with Gasteiger partial charge in [-0.15, -0.1) is 0 Å². The van der Waals surface area contributed by atoms with Crippen LogP contribution in [0.25, 0.3) is 0 Å². The highest BCUT2D eigenvalue weighted by Gasteiger charge is 2.45. The minimum atomic E-state index is -1.27. The summed E-state index contributed by atoms with van der Waals surface area (Å²) in [6.45, 7) is 3.43. The third-order valence-corrected chi connectivity index (χ3v) is 3.53. The Morgan fingerprint density at radius 1 is 1.24 bits per heavy atom. The van der Waals surface area contributed by atoms with Crippen molar-refractivity contribution < 1.29 is 29.6 Å². The maximum absolute atomic E-state index is 11.2. The number of nitrogens with one attached hydrogen (secondary N) is 1. The SMILES string of the molecule is CCCCCCO[C@@H]1O[C@H](CO)[C@@H](O)[C@H](O)[C@H]1NC(C)=O. The number of unbranched alkanes of at least 4 members (excludes halogenated alkanes) is 3. The fourth-order valence-electron chi connectivity index (χ4n) is 2.34. The molecule has 1 aliphatic heterocycles. The van der Waals surface area contributed by atoms with Crippen molar-refractivity contribution in [1.82, 2.24) is 5.32 Å². The van der Waals surface area contributed by atoms with Crippen molar-refractivity contribution >= 4 is 5.91 Å². The van der Waals surface area contributed by atoms with Gasteiger partial charge in [0.05, 0.1) is 6.61 Å². The molecule has 21 heavy (non-hydrogen) atoms. The molecule has 0 radical (unpaired) electrons. The van der Waals surface area contributed by atoms with Gasteiger partial charge < -0.3 is 30.1 Å². The molecule has 0 aliphatic carbocycles. The molecule has 7 nitrogen and oxygen atoms in total. The van der Waals surface area contributed by atoms with E-state index in [0.29, 0.717) is 6.61 Å². The van der Waals surface area contributed by atoms with Gasteiger partial charge >= 0.3 is 0 Å². The van der Waals surface area contributed by atoms with Crippen molar-refractivity contribution in [3.05, 3.63) is 0 Å². The van der Waals surface area contributed by atoms with Gasteiger partial charge in [-0.3, -0.25) is 4.79 Å². The van der Waals surface area contributed by atoms with Crippen LogP contribution in [0.4, 0.5) is 0 Å². The zero-order valence-corrected chi connectivity index (χ0v) is 12.7. The van der Waals surface area contributed by atoms with Crippen LogP contribution in [0.1, 0.15) is 39.5 Å². The third kappa shape index (κ3) is 5.52. The standard InChI is InChI=1S/C14H27NO6/c1-3-4-5-6-7-20-14-11(15-9(2)17)13(19)12(18)10(8-16)21-14/h10-14,16,18-19H,3-8H2,1-2H3,(H,15,17)/t10-,11-,12-,13-,14-/m1/s1. The number of carbonyl (C=O) groups is 1. The number of amides is 1. The van der Waals surface area contributed by atoms with Gasteiger partial charge in [-0.1, -0.05) is 26.2 Å². The Morgan fingerprint density at radius 3 is 2.52 bits per heavy atom. The molecule has 0 spiro atoms. The zero-order chi connectivity index (χ0) is 15.8. The van der Waals surface area contributed by atoms with Crippen molar-refractivity contribution in [2.45, 2.75) is 70.2 Å². The van der Waals surface area contributed by atoms with Gasteiger partial charge in [0.2, 0.25) is 5.91 Å². The monoisotopic (exact) mass is 305 g/mol. The Kier molecular flexibility index (Phi) is 8.13. The molecule has 1 heterocycles. The van der Waals surface area contributed by atoms with E-state index in [2.05, 4.69) is 12.2 Å². The highest BCUT2D eigenvalue weighted by atomic mass is 16.7. The first-order valence-electron chi connectivity index (χ1n) is 7.52. The Bertz CT molecular complexity index is 314. The summed E-state index contributed by atoms with van der Waals surface area (Å²) in [6, 6.07) is -0.855. The van der Waals surface area contributed by atoms with Gasteiger partial charge in [0, 0.05) is 13.5 Å². The quantitative estimate of drug-likeness (QED) is 0.451. The molecular weight excluding hydrogens is 278 g/mol. The molecule has 4 N–H and O–H groups in total. The molecular formula is C14H27NO6. The molecule has 0 aromatic carbocycles. The van der Waals surface area contributed by atoms with E-state index in [1.807, 2.05) is 0 Å². The molecule has 1 aliphatic rings. The first-order chi connectivity index (χ1) is 10.0.